The van der Waals surface area contributed by atoms with E-state index >= 15 is 0 Å². The summed E-state index contributed by atoms with van der Waals surface area (Å²) < 4.78 is 2.27. The average Bonchev–Trinajstić information content (AvgIpc) is 3.45. The van der Waals surface area contributed by atoms with E-state index < -0.39 is 5.97 Å². The lowest BCUT2D eigenvalue weighted by atomic mass is 9.99. The molecule has 0 unspecified atom stereocenters. The van der Waals surface area contributed by atoms with Crippen molar-refractivity contribution in [2.45, 2.75) is 37.8 Å². The Morgan fingerprint density at radius 2 is 1.96 bits per heavy atom. The minimum absolute atomic E-state index is 0.0964. The van der Waals surface area contributed by atoms with Gasteiger partial charge in [0.2, 0.25) is 4.73 Å². The Hall–Kier alpha value is -1.57. The van der Waals surface area contributed by atoms with Gasteiger partial charge in [-0.25, -0.2) is 0 Å². The summed E-state index contributed by atoms with van der Waals surface area (Å²) in [4.78, 5) is 10.9. The van der Waals surface area contributed by atoms with Crippen molar-refractivity contribution < 1.29 is 9.90 Å². The van der Waals surface area contributed by atoms with E-state index in [9.17, 15) is 4.79 Å². The van der Waals surface area contributed by atoms with E-state index in [0.29, 0.717) is 20.8 Å². The van der Waals surface area contributed by atoms with Crippen molar-refractivity contribution in [2.75, 3.05) is 5.75 Å². The standard InChI is InChI=1S/C17H13BrClN3O2S.C2H6/c18-16-20-21-17(25-8-14(23)24)22(16)15-11-4-2-1-3-10(11)12(7-13(15)19)9-5-6-9;1-2/h1-4,7,9H,5-6,8H2,(H,23,24);1-2H3. The van der Waals surface area contributed by atoms with Crippen molar-refractivity contribution in [1.29, 1.82) is 0 Å². The van der Waals surface area contributed by atoms with Crippen LogP contribution in [0.2, 0.25) is 5.02 Å². The summed E-state index contributed by atoms with van der Waals surface area (Å²) in [5.74, 6) is -0.432. The second-order valence-corrected chi connectivity index (χ2v) is 7.94. The molecule has 142 valence electrons. The molecule has 0 saturated heterocycles. The van der Waals surface area contributed by atoms with Crippen molar-refractivity contribution in [2.24, 2.45) is 0 Å². The second-order valence-electron chi connectivity index (χ2n) is 5.89. The number of rotatable bonds is 5. The molecule has 1 heterocycles. The third-order valence-corrected chi connectivity index (χ3v) is 5.88. The van der Waals surface area contributed by atoms with Gasteiger partial charge in [-0.3, -0.25) is 9.36 Å². The van der Waals surface area contributed by atoms with Gasteiger partial charge in [-0.1, -0.05) is 61.5 Å². The lowest BCUT2D eigenvalue weighted by Gasteiger charge is -2.15. The molecule has 1 N–H and O–H groups in total. The normalized spacial score (nSPS) is 13.3. The van der Waals surface area contributed by atoms with Crippen LogP contribution in [0.1, 0.15) is 38.2 Å². The summed E-state index contributed by atoms with van der Waals surface area (Å²) in [7, 11) is 0. The van der Waals surface area contributed by atoms with Gasteiger partial charge >= 0.3 is 5.97 Å². The fraction of sp³-hybridized carbons (Fsp3) is 0.316. The molecule has 2 aromatic carbocycles. The van der Waals surface area contributed by atoms with E-state index in [1.165, 1.54) is 23.8 Å². The van der Waals surface area contributed by atoms with Crippen molar-refractivity contribution in [3.63, 3.8) is 0 Å². The fourth-order valence-electron chi connectivity index (χ4n) is 2.97. The highest BCUT2D eigenvalue weighted by molar-refractivity contribution is 9.10. The van der Waals surface area contributed by atoms with Crippen molar-refractivity contribution in [3.05, 3.63) is 45.7 Å². The molecule has 3 aromatic rings. The SMILES string of the molecule is CC.O=C(O)CSc1nnc(Br)n1-c1c(Cl)cc(C2CC2)c2ccccc12. The van der Waals surface area contributed by atoms with Gasteiger partial charge in [-0.2, -0.15) is 0 Å². The number of fused-ring (bicyclic) bond motifs is 1. The highest BCUT2D eigenvalue weighted by atomic mass is 79.9. The van der Waals surface area contributed by atoms with Crippen LogP contribution in [-0.2, 0) is 4.79 Å². The Morgan fingerprint density at radius 3 is 2.59 bits per heavy atom. The van der Waals surface area contributed by atoms with Crippen LogP contribution in [0.15, 0.2) is 40.2 Å². The van der Waals surface area contributed by atoms with Crippen LogP contribution >= 0.6 is 39.3 Å². The predicted molar refractivity (Wildman–Crippen MR) is 113 cm³/mol. The van der Waals surface area contributed by atoms with Crippen LogP contribution in [-0.4, -0.2) is 31.6 Å². The quantitative estimate of drug-likeness (QED) is 0.471. The van der Waals surface area contributed by atoms with E-state index in [1.807, 2.05) is 38.1 Å². The summed E-state index contributed by atoms with van der Waals surface area (Å²) in [5, 5.41) is 20.4. The number of benzene rings is 2. The molecule has 1 aromatic heterocycles. The zero-order chi connectivity index (χ0) is 19.6. The number of thioether (sulfide) groups is 1. The number of aliphatic carboxylic acids is 1. The minimum Gasteiger partial charge on any atom is -0.481 e. The summed E-state index contributed by atoms with van der Waals surface area (Å²) >= 11 is 11.2. The lowest BCUT2D eigenvalue weighted by molar-refractivity contribution is -0.133. The molecular weight excluding hydrogens is 450 g/mol. The molecule has 0 amide bonds. The summed E-state index contributed by atoms with van der Waals surface area (Å²) in [6.45, 7) is 4.00. The maximum Gasteiger partial charge on any atom is 0.313 e. The van der Waals surface area contributed by atoms with E-state index in [4.69, 9.17) is 16.7 Å². The van der Waals surface area contributed by atoms with Gasteiger partial charge in [-0.15, -0.1) is 10.2 Å². The molecule has 1 aliphatic rings. The Morgan fingerprint density at radius 1 is 1.30 bits per heavy atom. The number of hydrogen-bond acceptors (Lipinski definition) is 4. The molecule has 0 atom stereocenters. The van der Waals surface area contributed by atoms with Gasteiger partial charge in [0.05, 0.1) is 16.5 Å². The largest absolute Gasteiger partial charge is 0.481 e. The molecule has 1 saturated carbocycles. The Labute approximate surface area is 175 Å². The van der Waals surface area contributed by atoms with E-state index in [-0.39, 0.29) is 5.75 Å². The summed E-state index contributed by atoms with van der Waals surface area (Å²) in [6, 6.07) is 10.1. The minimum atomic E-state index is -0.907. The predicted octanol–water partition coefficient (Wildman–Crippen LogP) is 5.92. The van der Waals surface area contributed by atoms with Crippen molar-refractivity contribution in [3.8, 4) is 5.69 Å². The number of aromatic nitrogens is 3. The lowest BCUT2D eigenvalue weighted by Crippen LogP contribution is -2.04. The summed E-state index contributed by atoms with van der Waals surface area (Å²) in [6.07, 6.45) is 2.38. The molecule has 0 radical (unpaired) electrons. The Kier molecular flexibility index (Phi) is 6.44. The maximum absolute atomic E-state index is 10.9. The molecule has 0 spiro atoms. The molecule has 1 fully saturated rings. The zero-order valence-corrected chi connectivity index (χ0v) is 18.1. The fourth-order valence-corrected chi connectivity index (χ4v) is 4.48. The molecule has 8 heteroatoms. The van der Waals surface area contributed by atoms with Gasteiger partial charge in [0.1, 0.15) is 0 Å². The highest BCUT2D eigenvalue weighted by Gasteiger charge is 2.28. The van der Waals surface area contributed by atoms with E-state index in [2.05, 4.69) is 32.2 Å². The second kappa shape index (κ2) is 8.63. The maximum atomic E-state index is 10.9. The number of carboxylic acid groups (broad SMARTS) is 1. The highest BCUT2D eigenvalue weighted by Crippen LogP contribution is 2.46. The smallest absolute Gasteiger partial charge is 0.313 e. The van der Waals surface area contributed by atoms with Crippen LogP contribution in [0.5, 0.6) is 0 Å². The van der Waals surface area contributed by atoms with Gasteiger partial charge < -0.3 is 5.11 Å². The van der Waals surface area contributed by atoms with Crippen LogP contribution in [0.25, 0.3) is 16.5 Å². The first-order chi connectivity index (χ1) is 13.1. The molecule has 0 bridgehead atoms. The number of hydrogen-bond donors (Lipinski definition) is 1. The van der Waals surface area contributed by atoms with Crippen LogP contribution in [0.3, 0.4) is 0 Å². The van der Waals surface area contributed by atoms with E-state index in [0.717, 1.165) is 22.8 Å². The summed E-state index contributed by atoms with van der Waals surface area (Å²) in [5.41, 5.74) is 2.04. The first kappa shape index (κ1) is 20.2. The number of nitrogens with zero attached hydrogens (tertiary/aromatic N) is 3. The third-order valence-electron chi connectivity index (χ3n) is 4.16. The first-order valence-corrected chi connectivity index (χ1v) is 10.9. The molecule has 0 aliphatic heterocycles. The van der Waals surface area contributed by atoms with Crippen molar-refractivity contribution in [1.82, 2.24) is 14.8 Å². The molecular formula is C19H19BrClN3O2S. The van der Waals surface area contributed by atoms with Crippen LogP contribution in [0.4, 0.5) is 0 Å². The molecule has 4 rings (SSSR count). The van der Waals surface area contributed by atoms with Crippen LogP contribution in [0, 0.1) is 0 Å². The topological polar surface area (TPSA) is 68.0 Å². The van der Waals surface area contributed by atoms with Gasteiger partial charge in [0.15, 0.2) is 5.16 Å². The third kappa shape index (κ3) is 4.15. The first-order valence-electron chi connectivity index (χ1n) is 8.73. The number of carboxylic acids is 1. The Bertz CT molecular complexity index is 988. The number of carbonyl (C=O) groups is 1. The van der Waals surface area contributed by atoms with Crippen molar-refractivity contribution >= 4 is 56.0 Å². The molecule has 27 heavy (non-hydrogen) atoms. The monoisotopic (exact) mass is 467 g/mol. The molecule has 1 aliphatic carbocycles. The van der Waals surface area contributed by atoms with E-state index in [1.54, 1.807) is 4.57 Å². The number of halogens is 2. The molecule has 5 nitrogen and oxygen atoms in total. The zero-order valence-electron chi connectivity index (χ0n) is 14.9. The van der Waals surface area contributed by atoms with Gasteiger partial charge in [0.25, 0.3) is 0 Å². The Balaban J connectivity index is 0.00000102. The van der Waals surface area contributed by atoms with Crippen LogP contribution < -0.4 is 0 Å². The van der Waals surface area contributed by atoms with Gasteiger partial charge in [-0.05, 0) is 51.7 Å². The van der Waals surface area contributed by atoms with Gasteiger partial charge in [0, 0.05) is 5.39 Å². The average molecular weight is 469 g/mol.